The first-order valence-corrected chi connectivity index (χ1v) is 8.73. The van der Waals surface area contributed by atoms with Crippen LogP contribution in [0.5, 0.6) is 0 Å². The molecule has 0 radical (unpaired) electrons. The molecule has 2 aromatic rings. The highest BCUT2D eigenvalue weighted by atomic mass is 15.1. The average molecular weight is 321 g/mol. The normalized spacial score (nSPS) is 22.1. The minimum absolute atomic E-state index is 0.465. The fourth-order valence-corrected chi connectivity index (χ4v) is 3.15. The number of hydrogen-bond donors (Lipinski definition) is 3. The van der Waals surface area contributed by atoms with E-state index in [0.717, 1.165) is 17.9 Å². The lowest BCUT2D eigenvalue weighted by Gasteiger charge is -2.22. The van der Waals surface area contributed by atoms with Gasteiger partial charge in [-0.25, -0.2) is 0 Å². The second-order valence-electron chi connectivity index (χ2n) is 6.62. The summed E-state index contributed by atoms with van der Waals surface area (Å²) in [5, 5.41) is 10.6. The number of allylic oxidation sites excluding steroid dienone is 1. The third-order valence-electron chi connectivity index (χ3n) is 4.82. The van der Waals surface area contributed by atoms with Gasteiger partial charge in [-0.05, 0) is 48.1 Å². The molecule has 3 nitrogen and oxygen atoms in total. The monoisotopic (exact) mass is 321 g/mol. The van der Waals surface area contributed by atoms with Gasteiger partial charge in [-0.2, -0.15) is 0 Å². The fourth-order valence-electron chi connectivity index (χ4n) is 3.15. The number of para-hydroxylation sites is 2. The average Bonchev–Trinajstić information content (AvgIpc) is 2.59. The van der Waals surface area contributed by atoms with Crippen molar-refractivity contribution in [1.29, 1.82) is 0 Å². The molecule has 0 saturated heterocycles. The molecule has 1 heterocycles. The quantitative estimate of drug-likeness (QED) is 0.584. The molecule has 1 aliphatic rings. The van der Waals surface area contributed by atoms with E-state index in [1.165, 1.54) is 16.8 Å². The lowest BCUT2D eigenvalue weighted by atomic mass is 9.87. The molecule has 0 spiro atoms. The van der Waals surface area contributed by atoms with Crippen LogP contribution in [0.2, 0.25) is 0 Å². The molecule has 1 aliphatic heterocycles. The molecule has 24 heavy (non-hydrogen) atoms. The number of benzene rings is 2. The maximum atomic E-state index is 3.57. The highest BCUT2D eigenvalue weighted by molar-refractivity contribution is 5.69. The predicted octanol–water partition coefficient (Wildman–Crippen LogP) is 5.20. The minimum Gasteiger partial charge on any atom is -0.380 e. The summed E-state index contributed by atoms with van der Waals surface area (Å²) in [6.45, 7) is 8.27. The first kappa shape index (κ1) is 16.4. The molecule has 0 aromatic heterocycles. The second-order valence-corrected chi connectivity index (χ2v) is 6.62. The number of rotatable bonds is 0. The van der Waals surface area contributed by atoms with Gasteiger partial charge in [-0.1, -0.05) is 50.3 Å². The van der Waals surface area contributed by atoms with Crippen LogP contribution in [0.15, 0.2) is 54.6 Å². The van der Waals surface area contributed by atoms with Crippen LogP contribution < -0.4 is 16.0 Å². The molecule has 2 atom stereocenters. The van der Waals surface area contributed by atoms with E-state index >= 15 is 0 Å². The van der Waals surface area contributed by atoms with Gasteiger partial charge in [0.2, 0.25) is 0 Å². The summed E-state index contributed by atoms with van der Waals surface area (Å²) in [5.74, 6) is 0.950. The highest BCUT2D eigenvalue weighted by Gasteiger charge is 2.16. The maximum absolute atomic E-state index is 3.57. The molecule has 0 aliphatic carbocycles. The Balaban J connectivity index is 1.93. The molecule has 3 rings (SSSR count). The molecular formula is C21H27N3. The van der Waals surface area contributed by atoms with Crippen LogP contribution in [0.4, 0.5) is 17.1 Å². The molecule has 3 N–H and O–H groups in total. The minimum atomic E-state index is 0.465. The van der Waals surface area contributed by atoms with E-state index in [1.807, 2.05) is 0 Å². The Kier molecular flexibility index (Phi) is 5.09. The van der Waals surface area contributed by atoms with Gasteiger partial charge >= 0.3 is 0 Å². The number of anilines is 3. The zero-order valence-electron chi connectivity index (χ0n) is 14.8. The first-order valence-electron chi connectivity index (χ1n) is 8.73. The van der Waals surface area contributed by atoms with Crippen LogP contribution in [0.3, 0.4) is 0 Å². The van der Waals surface area contributed by atoms with Crippen molar-refractivity contribution >= 4 is 17.1 Å². The van der Waals surface area contributed by atoms with Gasteiger partial charge in [0, 0.05) is 12.2 Å². The summed E-state index contributed by atoms with van der Waals surface area (Å²) < 4.78 is 0. The van der Waals surface area contributed by atoms with Crippen LogP contribution in [0.1, 0.15) is 30.9 Å². The van der Waals surface area contributed by atoms with Crippen LogP contribution >= 0.6 is 0 Å². The van der Waals surface area contributed by atoms with Crippen LogP contribution in [0.25, 0.3) is 0 Å². The zero-order valence-corrected chi connectivity index (χ0v) is 14.8. The van der Waals surface area contributed by atoms with Crippen molar-refractivity contribution in [3.05, 3.63) is 65.7 Å². The summed E-state index contributed by atoms with van der Waals surface area (Å²) in [6, 6.07) is 15.0. The van der Waals surface area contributed by atoms with Crippen LogP contribution in [-0.2, 0) is 0 Å². The fraction of sp³-hybridized carbons (Fsp3) is 0.333. The largest absolute Gasteiger partial charge is 0.380 e. The Morgan fingerprint density at radius 2 is 1.58 bits per heavy atom. The van der Waals surface area contributed by atoms with E-state index in [0.29, 0.717) is 18.5 Å². The number of nitrogens with one attached hydrogen (secondary N) is 3. The van der Waals surface area contributed by atoms with Crippen molar-refractivity contribution in [3.63, 3.8) is 0 Å². The summed E-state index contributed by atoms with van der Waals surface area (Å²) in [6.07, 6.45) is 4.55. The van der Waals surface area contributed by atoms with Crippen LogP contribution in [0, 0.1) is 12.8 Å². The Morgan fingerprint density at radius 3 is 2.38 bits per heavy atom. The Hall–Kier alpha value is -2.42. The van der Waals surface area contributed by atoms with E-state index in [9.17, 15) is 0 Å². The van der Waals surface area contributed by atoms with Crippen molar-refractivity contribution in [2.24, 2.45) is 5.92 Å². The smallest absolute Gasteiger partial charge is 0.0850 e. The van der Waals surface area contributed by atoms with Crippen molar-refractivity contribution in [3.8, 4) is 0 Å². The molecule has 2 unspecified atom stereocenters. The SMILES string of the molecule is Cc1ccc2c(c1)NCNc1ccccc1NC/C=C\C(C)C2C. The third-order valence-corrected chi connectivity index (χ3v) is 4.82. The van der Waals surface area contributed by atoms with E-state index in [-0.39, 0.29) is 0 Å². The van der Waals surface area contributed by atoms with E-state index in [1.54, 1.807) is 0 Å². The van der Waals surface area contributed by atoms with E-state index in [4.69, 9.17) is 0 Å². The highest BCUT2D eigenvalue weighted by Crippen LogP contribution is 2.32. The Bertz CT molecular complexity index is 721. The van der Waals surface area contributed by atoms with Crippen molar-refractivity contribution in [2.45, 2.75) is 26.7 Å². The van der Waals surface area contributed by atoms with Gasteiger partial charge in [-0.3, -0.25) is 0 Å². The zero-order chi connectivity index (χ0) is 16.9. The first-order chi connectivity index (χ1) is 11.6. The molecule has 3 heteroatoms. The van der Waals surface area contributed by atoms with Crippen molar-refractivity contribution in [1.82, 2.24) is 0 Å². The Morgan fingerprint density at radius 1 is 0.875 bits per heavy atom. The topological polar surface area (TPSA) is 36.1 Å². The second kappa shape index (κ2) is 7.43. The molecule has 0 bridgehead atoms. The van der Waals surface area contributed by atoms with Gasteiger partial charge < -0.3 is 16.0 Å². The maximum Gasteiger partial charge on any atom is 0.0850 e. The van der Waals surface area contributed by atoms with Crippen LogP contribution in [-0.4, -0.2) is 13.2 Å². The number of hydrogen-bond acceptors (Lipinski definition) is 3. The lowest BCUT2D eigenvalue weighted by molar-refractivity contribution is 0.591. The Labute approximate surface area is 145 Å². The molecule has 0 saturated carbocycles. The molecule has 2 aromatic carbocycles. The number of fused-ring (bicyclic) bond motifs is 2. The van der Waals surface area contributed by atoms with Gasteiger partial charge in [0.05, 0.1) is 18.0 Å². The summed E-state index contributed by atoms with van der Waals surface area (Å²) in [5.41, 5.74) is 6.13. The molecule has 0 fully saturated rings. The predicted molar refractivity (Wildman–Crippen MR) is 105 cm³/mol. The summed E-state index contributed by atoms with van der Waals surface area (Å²) in [7, 11) is 0. The summed E-state index contributed by atoms with van der Waals surface area (Å²) in [4.78, 5) is 0. The van der Waals surface area contributed by atoms with Gasteiger partial charge in [-0.15, -0.1) is 0 Å². The standard InChI is InChI=1S/C21H27N3/c1-15-10-11-18-17(3)16(2)7-6-12-22-19-8-4-5-9-20(19)23-14-24-21(18)13-15/h4-11,13,16-17,22-24H,12,14H2,1-3H3/b7-6-. The van der Waals surface area contributed by atoms with Crippen molar-refractivity contribution in [2.75, 3.05) is 29.2 Å². The van der Waals surface area contributed by atoms with Gasteiger partial charge in [0.1, 0.15) is 0 Å². The third kappa shape index (κ3) is 3.73. The number of aryl methyl sites for hydroxylation is 1. The summed E-state index contributed by atoms with van der Waals surface area (Å²) >= 11 is 0. The van der Waals surface area contributed by atoms with E-state index < -0.39 is 0 Å². The molecule has 0 amide bonds. The van der Waals surface area contributed by atoms with Crippen molar-refractivity contribution < 1.29 is 0 Å². The lowest BCUT2D eigenvalue weighted by Crippen LogP contribution is -2.15. The van der Waals surface area contributed by atoms with E-state index in [2.05, 4.69) is 91.3 Å². The van der Waals surface area contributed by atoms with Gasteiger partial charge in [0.15, 0.2) is 0 Å². The van der Waals surface area contributed by atoms with Gasteiger partial charge in [0.25, 0.3) is 0 Å². The molecular weight excluding hydrogens is 294 g/mol. The molecule has 126 valence electrons.